The summed E-state index contributed by atoms with van der Waals surface area (Å²) in [6.07, 6.45) is 1.31. The third-order valence-corrected chi connectivity index (χ3v) is 9.45. The van der Waals surface area contributed by atoms with E-state index in [4.69, 9.17) is 28.0 Å². The summed E-state index contributed by atoms with van der Waals surface area (Å²) in [5.74, 6) is -6.27. The maximum Gasteiger partial charge on any atom is 0.322 e. The molecule has 20 nitrogen and oxygen atoms in total. The van der Waals surface area contributed by atoms with Crippen LogP contribution in [0.5, 0.6) is 0 Å². The smallest absolute Gasteiger partial charge is 0.322 e. The van der Waals surface area contributed by atoms with E-state index in [0.717, 1.165) is 5.56 Å². The highest BCUT2D eigenvalue weighted by Crippen LogP contribution is 2.21. The normalized spacial score (nSPS) is 16.2. The zero-order valence-electron chi connectivity index (χ0n) is 34.4. The van der Waals surface area contributed by atoms with Crippen LogP contribution < -0.4 is 49.5 Å². The van der Waals surface area contributed by atoms with Gasteiger partial charge < -0.3 is 59.5 Å². The van der Waals surface area contributed by atoms with Gasteiger partial charge in [0.15, 0.2) is 5.96 Å². The van der Waals surface area contributed by atoms with Crippen molar-refractivity contribution in [1.82, 2.24) is 31.5 Å². The Labute approximate surface area is 344 Å². The third-order valence-electron chi connectivity index (χ3n) is 9.45. The monoisotopic (exact) mass is 829 g/mol. The number of carboxylic acids is 1. The van der Waals surface area contributed by atoms with Crippen LogP contribution >= 0.6 is 0 Å². The van der Waals surface area contributed by atoms with Gasteiger partial charge in [-0.25, -0.2) is 0 Å². The Hall–Kier alpha value is -5.79. The van der Waals surface area contributed by atoms with Gasteiger partial charge in [-0.3, -0.25) is 43.3 Å². The molecule has 2 rings (SSSR count). The van der Waals surface area contributed by atoms with Crippen molar-refractivity contribution in [2.75, 3.05) is 19.6 Å². The van der Waals surface area contributed by atoms with Crippen LogP contribution in [-0.2, 0) is 44.8 Å². The number of benzene rings is 1. The van der Waals surface area contributed by atoms with E-state index in [1.807, 2.05) is 33.8 Å². The quantitative estimate of drug-likeness (QED) is 0.0294. The summed E-state index contributed by atoms with van der Waals surface area (Å²) < 4.78 is 0. The molecule has 0 aromatic heterocycles. The maximum absolute atomic E-state index is 14.2. The van der Waals surface area contributed by atoms with Gasteiger partial charge >= 0.3 is 5.97 Å². The molecule has 328 valence electrons. The van der Waals surface area contributed by atoms with Gasteiger partial charge in [-0.1, -0.05) is 58.0 Å². The first-order valence-corrected chi connectivity index (χ1v) is 19.9. The number of primary amides is 1. The number of guanidine groups is 1. The number of amides is 7. The summed E-state index contributed by atoms with van der Waals surface area (Å²) in [6, 6.07) is 2.31. The van der Waals surface area contributed by atoms with E-state index in [9.17, 15) is 38.4 Å². The molecule has 0 saturated carbocycles. The fourth-order valence-corrected chi connectivity index (χ4v) is 6.54. The summed E-state index contributed by atoms with van der Waals surface area (Å²) in [7, 11) is 0. The van der Waals surface area contributed by atoms with Crippen molar-refractivity contribution in [2.45, 2.75) is 122 Å². The van der Waals surface area contributed by atoms with Gasteiger partial charge in [-0.2, -0.15) is 0 Å². The first-order chi connectivity index (χ1) is 27.8. The molecule has 1 aliphatic rings. The number of nitrogens with one attached hydrogen (secondary N) is 5. The number of aliphatic carboxylic acids is 1. The molecule has 0 spiro atoms. The molecule has 1 aromatic carbocycles. The van der Waals surface area contributed by atoms with Gasteiger partial charge in [0.25, 0.3) is 0 Å². The lowest BCUT2D eigenvalue weighted by atomic mass is 9.98. The number of rotatable bonds is 25. The predicted octanol–water partition coefficient (Wildman–Crippen LogP) is -1.90. The standard InChI is InChI=1S/C39H63N11O9/c1-22(2)18-27(48-36(57)28(20-24-10-6-5-7-11-24)47-33(54)25(40)12-8-16-44-39(42)43)35(56)49-29(19-23(3)4)38(59)50-17-9-13-30(50)37(58)46-26(14-15-31(41)51)34(55)45-21-32(52)53/h5-7,10-11,22-23,25-30H,8-9,12-21,40H2,1-4H3,(H2,41,51)(H,45,55)(H,46,58)(H,47,54)(H,48,57)(H,49,56)(H,52,53)(H4,42,43,44)/t25-,26-,27-,28-,29-,30-/m0/s1. The van der Waals surface area contributed by atoms with E-state index in [2.05, 4.69) is 31.6 Å². The van der Waals surface area contributed by atoms with Crippen molar-refractivity contribution in [3.8, 4) is 0 Å². The second-order valence-electron chi connectivity index (χ2n) is 15.6. The molecule has 0 bridgehead atoms. The van der Waals surface area contributed by atoms with Crippen LogP contribution in [0.4, 0.5) is 0 Å². The molecule has 0 aliphatic carbocycles. The van der Waals surface area contributed by atoms with E-state index in [1.165, 1.54) is 4.90 Å². The van der Waals surface area contributed by atoms with Crippen LogP contribution in [0, 0.1) is 11.8 Å². The molecule has 0 unspecified atom stereocenters. The van der Waals surface area contributed by atoms with Gasteiger partial charge in [-0.05, 0) is 62.3 Å². The van der Waals surface area contributed by atoms with Gasteiger partial charge in [0.05, 0.1) is 6.04 Å². The molecule has 1 aromatic rings. The van der Waals surface area contributed by atoms with Crippen molar-refractivity contribution in [1.29, 1.82) is 0 Å². The highest BCUT2D eigenvalue weighted by atomic mass is 16.4. The summed E-state index contributed by atoms with van der Waals surface area (Å²) >= 11 is 0. The molecule has 20 heteroatoms. The number of likely N-dealkylation sites (tertiary alicyclic amines) is 1. The molecular weight excluding hydrogens is 766 g/mol. The second-order valence-corrected chi connectivity index (χ2v) is 15.6. The Balaban J connectivity index is 2.29. The van der Waals surface area contributed by atoms with E-state index in [0.29, 0.717) is 12.8 Å². The minimum absolute atomic E-state index is 0.0852. The number of nitrogens with zero attached hydrogens (tertiary/aromatic N) is 2. The van der Waals surface area contributed by atoms with E-state index in [1.54, 1.807) is 24.3 Å². The molecule has 59 heavy (non-hydrogen) atoms. The zero-order valence-corrected chi connectivity index (χ0v) is 34.4. The fourth-order valence-electron chi connectivity index (χ4n) is 6.54. The predicted molar refractivity (Wildman–Crippen MR) is 218 cm³/mol. The van der Waals surface area contributed by atoms with Crippen LogP contribution in [0.3, 0.4) is 0 Å². The van der Waals surface area contributed by atoms with Crippen molar-refractivity contribution in [3.63, 3.8) is 0 Å². The average Bonchev–Trinajstić information content (AvgIpc) is 3.66. The Bertz CT molecular complexity index is 1640. The Morgan fingerprint density at radius 3 is 1.97 bits per heavy atom. The molecule has 1 aliphatic heterocycles. The van der Waals surface area contributed by atoms with Gasteiger partial charge in [0.1, 0.15) is 36.8 Å². The Morgan fingerprint density at radius 2 is 1.37 bits per heavy atom. The van der Waals surface area contributed by atoms with Crippen LogP contribution in [-0.4, -0.2) is 119 Å². The SMILES string of the molecule is CC(C)C[C@H](NC(=O)[C@H](Cc1ccccc1)NC(=O)[C@@H](N)CCCN=C(N)N)C(=O)N[C@@H](CC(C)C)C(=O)N1CCC[C@H]1C(=O)N[C@@H](CCC(N)=O)C(=O)NCC(=O)O. The molecule has 1 fully saturated rings. The summed E-state index contributed by atoms with van der Waals surface area (Å²) in [6.45, 7) is 7.15. The first kappa shape index (κ1) is 49.4. The largest absolute Gasteiger partial charge is 0.480 e. The lowest BCUT2D eigenvalue weighted by Gasteiger charge is -2.31. The van der Waals surface area contributed by atoms with Gasteiger partial charge in [0.2, 0.25) is 41.4 Å². The molecule has 1 heterocycles. The van der Waals surface area contributed by atoms with Crippen molar-refractivity contribution >= 4 is 53.3 Å². The summed E-state index contributed by atoms with van der Waals surface area (Å²) in [5, 5.41) is 22.0. The van der Waals surface area contributed by atoms with Crippen LogP contribution in [0.25, 0.3) is 0 Å². The number of carbonyl (C=O) groups is 8. The van der Waals surface area contributed by atoms with Gasteiger partial charge in [-0.15, -0.1) is 0 Å². The molecule has 0 radical (unpaired) electrons. The van der Waals surface area contributed by atoms with Crippen LogP contribution in [0.1, 0.15) is 84.6 Å². The molecular formula is C39H63N11O9. The fraction of sp³-hybridized carbons (Fsp3) is 0.615. The lowest BCUT2D eigenvalue weighted by Crippen LogP contribution is -2.60. The highest BCUT2D eigenvalue weighted by Gasteiger charge is 2.40. The molecule has 1 saturated heterocycles. The highest BCUT2D eigenvalue weighted by molar-refractivity contribution is 5.97. The summed E-state index contributed by atoms with van der Waals surface area (Å²) in [4.78, 5) is 109. The third kappa shape index (κ3) is 18.1. The molecule has 6 atom stereocenters. The second kappa shape index (κ2) is 24.9. The van der Waals surface area contributed by atoms with Crippen LogP contribution in [0.2, 0.25) is 0 Å². The molecule has 14 N–H and O–H groups in total. The van der Waals surface area contributed by atoms with E-state index < -0.39 is 90.1 Å². The number of nitrogens with two attached hydrogens (primary N) is 4. The number of hydrogen-bond donors (Lipinski definition) is 10. The first-order valence-electron chi connectivity index (χ1n) is 19.9. The number of aliphatic imine (C=N–C) groups is 1. The van der Waals surface area contributed by atoms with E-state index >= 15 is 0 Å². The molecule has 7 amide bonds. The lowest BCUT2D eigenvalue weighted by molar-refractivity contribution is -0.143. The minimum Gasteiger partial charge on any atom is -0.480 e. The van der Waals surface area contributed by atoms with Crippen molar-refractivity contribution in [2.24, 2.45) is 39.8 Å². The summed E-state index contributed by atoms with van der Waals surface area (Å²) in [5.41, 5.74) is 22.9. The van der Waals surface area contributed by atoms with E-state index in [-0.39, 0.29) is 75.8 Å². The Morgan fingerprint density at radius 1 is 0.780 bits per heavy atom. The van der Waals surface area contributed by atoms with Crippen molar-refractivity contribution < 1.29 is 43.5 Å². The Kier molecular flexibility index (Phi) is 20.8. The maximum atomic E-state index is 14.2. The topological polar surface area (TPSA) is 337 Å². The number of carbonyl (C=O) groups excluding carboxylic acids is 7. The number of carboxylic acid groups (broad SMARTS) is 1. The minimum atomic E-state index is -1.31. The number of hydrogen-bond acceptors (Lipinski definition) is 10. The zero-order chi connectivity index (χ0) is 44.2. The van der Waals surface area contributed by atoms with Gasteiger partial charge in [0, 0.05) is 25.9 Å². The average molecular weight is 830 g/mol. The van der Waals surface area contributed by atoms with Crippen LogP contribution in [0.15, 0.2) is 35.3 Å². The van der Waals surface area contributed by atoms with Crippen molar-refractivity contribution in [3.05, 3.63) is 35.9 Å².